The molecule has 2 aliphatic carbocycles. The van der Waals surface area contributed by atoms with Crippen molar-refractivity contribution in [3.63, 3.8) is 0 Å². The van der Waals surface area contributed by atoms with Gasteiger partial charge in [0.15, 0.2) is 0 Å². The number of nitrogens with zero attached hydrogens (tertiary/aromatic N) is 1. The molecule has 2 bridgehead atoms. The largest absolute Gasteiger partial charge is 0.523 e. The molecule has 3 nitrogen and oxygen atoms in total. The zero-order chi connectivity index (χ0) is 17.1. The van der Waals surface area contributed by atoms with Crippen molar-refractivity contribution in [2.75, 3.05) is 20.7 Å². The molecule has 0 N–H and O–H groups in total. The third-order valence-corrected chi connectivity index (χ3v) is 6.74. The van der Waals surface area contributed by atoms with Crippen molar-refractivity contribution in [2.24, 2.45) is 5.92 Å². The normalized spacial score (nSPS) is 30.8. The van der Waals surface area contributed by atoms with Gasteiger partial charge in [0.25, 0.3) is 0 Å². The van der Waals surface area contributed by atoms with Crippen LogP contribution in [-0.2, 0) is 16.3 Å². The van der Waals surface area contributed by atoms with Gasteiger partial charge < -0.3 is 9.16 Å². The molecule has 1 aromatic rings. The summed E-state index contributed by atoms with van der Waals surface area (Å²) in [7, 11) is 3.78. The minimum Gasteiger partial charge on any atom is -0.523 e. The monoisotopic (exact) mass is 339 g/mol. The first-order valence-corrected chi connectivity index (χ1v) is 9.90. The van der Waals surface area contributed by atoms with Crippen LogP contribution in [0.15, 0.2) is 35.6 Å². The van der Waals surface area contributed by atoms with E-state index in [2.05, 4.69) is 56.3 Å². The van der Waals surface area contributed by atoms with E-state index in [-0.39, 0.29) is 14.8 Å². The summed E-state index contributed by atoms with van der Waals surface area (Å²) < 4.78 is 11.6. The Balaban J connectivity index is 1.99. The molecule has 0 aromatic heterocycles. The number of ether oxygens (including phenoxy) is 1. The van der Waals surface area contributed by atoms with Crippen LogP contribution in [0.3, 0.4) is 0 Å². The predicted octanol–water partition coefficient (Wildman–Crippen LogP) is 2.37. The zero-order valence-electron chi connectivity index (χ0n) is 14.9. The van der Waals surface area contributed by atoms with E-state index in [0.717, 1.165) is 24.5 Å². The SMILES string of the molecule is C=[SiH]OC1=CC=C2C3Cc4ccc(OC)c(C)c4[C@@]2(CN3C)C1C. The highest BCUT2D eigenvalue weighted by molar-refractivity contribution is 6.34. The number of methoxy groups -OCH3 is 1. The van der Waals surface area contributed by atoms with E-state index in [9.17, 15) is 0 Å². The smallest absolute Gasteiger partial charge is 0.216 e. The van der Waals surface area contributed by atoms with Crippen molar-refractivity contribution in [1.29, 1.82) is 0 Å². The second-order valence-electron chi connectivity index (χ2n) is 7.23. The van der Waals surface area contributed by atoms with Crippen molar-refractivity contribution < 1.29 is 9.16 Å². The quantitative estimate of drug-likeness (QED) is 0.789. The van der Waals surface area contributed by atoms with Crippen molar-refractivity contribution in [3.8, 4) is 5.75 Å². The van der Waals surface area contributed by atoms with E-state index in [0.29, 0.717) is 12.0 Å². The van der Waals surface area contributed by atoms with Crippen LogP contribution in [-0.4, -0.2) is 47.2 Å². The van der Waals surface area contributed by atoms with Crippen molar-refractivity contribution in [1.82, 2.24) is 4.90 Å². The van der Waals surface area contributed by atoms with Crippen molar-refractivity contribution in [2.45, 2.75) is 31.7 Å². The fourth-order valence-electron chi connectivity index (χ4n) is 5.25. The molecule has 24 heavy (non-hydrogen) atoms. The number of benzene rings is 1. The molecule has 0 spiro atoms. The summed E-state index contributed by atoms with van der Waals surface area (Å²) in [5, 5.41) is 0. The lowest BCUT2D eigenvalue weighted by molar-refractivity contribution is 0.262. The van der Waals surface area contributed by atoms with E-state index in [1.165, 1.54) is 16.7 Å². The topological polar surface area (TPSA) is 21.7 Å². The van der Waals surface area contributed by atoms with Gasteiger partial charge in [0.1, 0.15) is 5.75 Å². The van der Waals surface area contributed by atoms with Crippen LogP contribution in [0, 0.1) is 12.8 Å². The van der Waals surface area contributed by atoms with E-state index in [1.54, 1.807) is 12.7 Å². The standard InChI is InChI=1S/C20H25NO2Si/c1-12-17(22-4)8-6-14-10-16-15-7-9-18(23-24-5)13(2)20(15,19(12)14)11-21(16)3/h6-9,13,16,24H,5,10-11H2,1-4H3/t13?,16?,20-/m0/s1. The molecule has 1 aromatic carbocycles. The summed E-state index contributed by atoms with van der Waals surface area (Å²) in [5.74, 6) is 2.40. The molecule has 0 radical (unpaired) electrons. The maximum absolute atomic E-state index is 5.98. The van der Waals surface area contributed by atoms with Crippen LogP contribution in [0.5, 0.6) is 5.75 Å². The molecule has 4 rings (SSSR count). The third kappa shape index (κ3) is 1.84. The van der Waals surface area contributed by atoms with E-state index in [4.69, 9.17) is 9.16 Å². The van der Waals surface area contributed by atoms with Crippen LogP contribution >= 0.6 is 0 Å². The first kappa shape index (κ1) is 15.9. The molecule has 2 unspecified atom stereocenters. The Morgan fingerprint density at radius 3 is 2.83 bits per heavy atom. The molecule has 126 valence electrons. The molecular weight excluding hydrogens is 314 g/mol. The Kier molecular flexibility index (Phi) is 3.59. The Hall–Kier alpha value is -1.65. The lowest BCUT2D eigenvalue weighted by Gasteiger charge is -2.45. The van der Waals surface area contributed by atoms with E-state index in [1.807, 2.05) is 0 Å². The number of hydrogen-bond donors (Lipinski definition) is 0. The van der Waals surface area contributed by atoms with Gasteiger partial charge in [0.2, 0.25) is 9.38 Å². The van der Waals surface area contributed by atoms with Gasteiger partial charge in [-0.2, -0.15) is 0 Å². The third-order valence-electron chi connectivity index (χ3n) is 6.30. The van der Waals surface area contributed by atoms with E-state index >= 15 is 0 Å². The van der Waals surface area contributed by atoms with Gasteiger partial charge in [-0.25, -0.2) is 0 Å². The summed E-state index contributed by atoms with van der Waals surface area (Å²) in [6.45, 7) is 5.57. The molecule has 0 amide bonds. The molecule has 3 aliphatic rings. The van der Waals surface area contributed by atoms with Crippen LogP contribution in [0.1, 0.15) is 23.6 Å². The Morgan fingerprint density at radius 2 is 2.12 bits per heavy atom. The van der Waals surface area contributed by atoms with Gasteiger partial charge >= 0.3 is 0 Å². The lowest BCUT2D eigenvalue weighted by Crippen LogP contribution is -2.43. The summed E-state index contributed by atoms with van der Waals surface area (Å²) in [6.07, 6.45) is 9.54. The Labute approximate surface area is 146 Å². The summed E-state index contributed by atoms with van der Waals surface area (Å²) >= 11 is 0. The summed E-state index contributed by atoms with van der Waals surface area (Å²) in [4.78, 5) is 2.52. The molecule has 3 atom stereocenters. The van der Waals surface area contributed by atoms with Crippen LogP contribution in [0.4, 0.5) is 0 Å². The van der Waals surface area contributed by atoms with Gasteiger partial charge in [0.05, 0.1) is 12.9 Å². The zero-order valence-corrected chi connectivity index (χ0v) is 16.1. The van der Waals surface area contributed by atoms with Gasteiger partial charge in [-0.1, -0.05) is 25.2 Å². The average molecular weight is 340 g/mol. The lowest BCUT2D eigenvalue weighted by atomic mass is 9.58. The molecule has 4 heteroatoms. The second kappa shape index (κ2) is 5.43. The maximum Gasteiger partial charge on any atom is 0.216 e. The van der Waals surface area contributed by atoms with Crippen LogP contribution < -0.4 is 4.74 Å². The highest BCUT2D eigenvalue weighted by Gasteiger charge is 2.57. The van der Waals surface area contributed by atoms with Gasteiger partial charge in [-0.15, -0.1) is 0 Å². The second-order valence-corrected chi connectivity index (χ2v) is 7.80. The molecular formula is C20H25NO2Si. The predicted molar refractivity (Wildman–Crippen MR) is 100 cm³/mol. The number of rotatable bonds is 3. The number of fused-ring (bicyclic) bond motifs is 1. The molecule has 1 aliphatic heterocycles. The van der Waals surface area contributed by atoms with Crippen LogP contribution in [0.25, 0.3) is 0 Å². The van der Waals surface area contributed by atoms with Gasteiger partial charge in [-0.05, 0) is 54.8 Å². The van der Waals surface area contributed by atoms with Crippen molar-refractivity contribution in [3.05, 3.63) is 52.3 Å². The Bertz CT molecular complexity index is 782. The highest BCUT2D eigenvalue weighted by Crippen LogP contribution is 2.57. The number of allylic oxidation sites excluding steroid dienone is 3. The Morgan fingerprint density at radius 1 is 1.33 bits per heavy atom. The summed E-state index contributed by atoms with van der Waals surface area (Å²) in [5.41, 5.74) is 5.77. The molecule has 0 saturated carbocycles. The minimum absolute atomic E-state index is 0.00428. The molecule has 1 fully saturated rings. The summed E-state index contributed by atoms with van der Waals surface area (Å²) in [6, 6.07) is 4.89. The fourth-order valence-corrected chi connectivity index (χ4v) is 5.72. The minimum atomic E-state index is -0.240. The number of likely N-dealkylation sites (tertiary alicyclic amines) is 1. The first-order valence-electron chi connectivity index (χ1n) is 8.61. The van der Waals surface area contributed by atoms with Crippen LogP contribution in [0.2, 0.25) is 0 Å². The average Bonchev–Trinajstić information content (AvgIpc) is 2.77. The highest BCUT2D eigenvalue weighted by atomic mass is 28.2. The van der Waals surface area contributed by atoms with Gasteiger partial charge in [0, 0.05) is 23.9 Å². The first-order chi connectivity index (χ1) is 11.5. The molecule has 1 heterocycles. The van der Waals surface area contributed by atoms with Crippen molar-refractivity contribution >= 4 is 15.6 Å². The molecule has 1 saturated heterocycles. The number of likely N-dealkylation sites (N-methyl/N-ethyl adjacent to an activating group) is 1. The van der Waals surface area contributed by atoms with E-state index < -0.39 is 0 Å². The van der Waals surface area contributed by atoms with Gasteiger partial charge in [-0.3, -0.25) is 4.90 Å². The fraction of sp³-hybridized carbons (Fsp3) is 0.450. The number of hydrogen-bond acceptors (Lipinski definition) is 3. The maximum atomic E-state index is 5.98.